The molecular weight excluding hydrogens is 328 g/mol. The van der Waals surface area contributed by atoms with Crippen LogP contribution >= 0.6 is 11.6 Å². The Bertz CT molecular complexity index is 615. The maximum Gasteiger partial charge on any atom is 0.230 e. The fourth-order valence-corrected chi connectivity index (χ4v) is 3.18. The van der Waals surface area contributed by atoms with Crippen LogP contribution in [0.5, 0.6) is 5.75 Å². The van der Waals surface area contributed by atoms with E-state index < -0.39 is 0 Å². The summed E-state index contributed by atoms with van der Waals surface area (Å²) in [6, 6.07) is 5.42. The molecule has 0 aliphatic carbocycles. The molecule has 1 aromatic carbocycles. The maximum atomic E-state index is 12.4. The van der Waals surface area contributed by atoms with Gasteiger partial charge in [-0.3, -0.25) is 19.4 Å². The smallest absolute Gasteiger partial charge is 0.230 e. The van der Waals surface area contributed by atoms with Crippen LogP contribution in [0, 0.1) is 5.41 Å². The van der Waals surface area contributed by atoms with Crippen LogP contribution in [0.25, 0.3) is 0 Å². The van der Waals surface area contributed by atoms with E-state index in [1.165, 1.54) is 4.90 Å². The van der Waals surface area contributed by atoms with Crippen molar-refractivity contribution in [2.45, 2.75) is 39.7 Å². The number of carbonyl (C=O) groups excluding carboxylic acids is 2. The molecule has 1 fully saturated rings. The molecule has 5 nitrogen and oxygen atoms in total. The normalized spacial score (nSPS) is 17.5. The van der Waals surface area contributed by atoms with Gasteiger partial charge in [-0.2, -0.15) is 0 Å². The Morgan fingerprint density at radius 3 is 2.46 bits per heavy atom. The summed E-state index contributed by atoms with van der Waals surface area (Å²) in [5, 5.41) is 0.628. The van der Waals surface area contributed by atoms with Crippen molar-refractivity contribution in [3.05, 3.63) is 28.8 Å². The van der Waals surface area contributed by atoms with Gasteiger partial charge in [0, 0.05) is 30.0 Å². The number of hydrogen-bond donors (Lipinski definition) is 0. The first-order valence-electron chi connectivity index (χ1n) is 8.12. The number of methoxy groups -OCH3 is 1. The number of hydrogen-bond acceptors (Lipinski definition) is 4. The molecule has 0 N–H and O–H groups in total. The van der Waals surface area contributed by atoms with E-state index >= 15 is 0 Å². The van der Waals surface area contributed by atoms with Gasteiger partial charge < -0.3 is 4.74 Å². The zero-order valence-electron chi connectivity index (χ0n) is 14.8. The zero-order chi connectivity index (χ0) is 17.9. The molecule has 1 saturated heterocycles. The van der Waals surface area contributed by atoms with Gasteiger partial charge in [-0.1, -0.05) is 25.4 Å². The van der Waals surface area contributed by atoms with Gasteiger partial charge in [-0.05, 0) is 37.1 Å². The second-order valence-corrected chi connectivity index (χ2v) is 7.28. The van der Waals surface area contributed by atoms with E-state index in [1.807, 2.05) is 37.9 Å². The number of likely N-dealkylation sites (tertiary alicyclic amines) is 1. The highest BCUT2D eigenvalue weighted by atomic mass is 35.5. The van der Waals surface area contributed by atoms with Crippen LogP contribution in [0.1, 0.15) is 38.7 Å². The first-order chi connectivity index (χ1) is 11.3. The highest BCUT2D eigenvalue weighted by Gasteiger charge is 2.39. The summed E-state index contributed by atoms with van der Waals surface area (Å²) >= 11 is 6.05. The molecule has 2 amide bonds. The lowest BCUT2D eigenvalue weighted by atomic mass is 9.77. The van der Waals surface area contributed by atoms with Gasteiger partial charge in [0.05, 0.1) is 13.8 Å². The van der Waals surface area contributed by atoms with E-state index in [0.717, 1.165) is 17.7 Å². The van der Waals surface area contributed by atoms with Gasteiger partial charge in [0.25, 0.3) is 0 Å². The van der Waals surface area contributed by atoms with Crippen LogP contribution in [-0.2, 0) is 16.1 Å². The van der Waals surface area contributed by atoms with Crippen molar-refractivity contribution in [3.63, 3.8) is 0 Å². The van der Waals surface area contributed by atoms with Gasteiger partial charge in [0.1, 0.15) is 5.75 Å². The van der Waals surface area contributed by atoms with Gasteiger partial charge >= 0.3 is 0 Å². The molecule has 0 saturated carbocycles. The van der Waals surface area contributed by atoms with E-state index in [4.69, 9.17) is 16.3 Å². The summed E-state index contributed by atoms with van der Waals surface area (Å²) in [4.78, 5) is 28.0. The highest BCUT2D eigenvalue weighted by Crippen LogP contribution is 2.35. The molecule has 24 heavy (non-hydrogen) atoms. The predicted octanol–water partition coefficient (Wildman–Crippen LogP) is 3.30. The molecule has 0 radical (unpaired) electrons. The monoisotopic (exact) mass is 352 g/mol. The van der Waals surface area contributed by atoms with Gasteiger partial charge in [0.2, 0.25) is 11.8 Å². The quantitative estimate of drug-likeness (QED) is 0.737. The molecular formula is C18H25ClN2O3. The number of ether oxygens (including phenoxy) is 1. The first kappa shape index (κ1) is 18.7. The molecule has 6 heteroatoms. The standard InChI is InChI=1S/C18H25ClN2O3/c1-5-18(2)9-16(22)21(17(23)10-18)12-20(3)11-13-8-14(19)6-7-15(13)24-4/h6-8H,5,9-12H2,1-4H3. The van der Waals surface area contributed by atoms with E-state index in [-0.39, 0.29) is 23.9 Å². The molecule has 2 rings (SSSR count). The molecule has 0 bridgehead atoms. The Balaban J connectivity index is 2.05. The molecule has 1 heterocycles. The Labute approximate surface area is 148 Å². The lowest BCUT2D eigenvalue weighted by Gasteiger charge is -2.38. The van der Waals surface area contributed by atoms with Crippen LogP contribution in [0.15, 0.2) is 18.2 Å². The Morgan fingerprint density at radius 1 is 1.29 bits per heavy atom. The fraction of sp³-hybridized carbons (Fsp3) is 0.556. The van der Waals surface area contributed by atoms with Crippen LogP contribution in [-0.4, -0.2) is 42.4 Å². The van der Waals surface area contributed by atoms with E-state index in [0.29, 0.717) is 24.4 Å². The molecule has 1 aliphatic heterocycles. The lowest BCUT2D eigenvalue weighted by molar-refractivity contribution is -0.155. The number of benzene rings is 1. The Hall–Kier alpha value is -1.59. The Kier molecular flexibility index (Phi) is 5.88. The minimum atomic E-state index is -0.209. The molecule has 0 unspecified atom stereocenters. The van der Waals surface area contributed by atoms with Crippen LogP contribution in [0.2, 0.25) is 5.02 Å². The lowest BCUT2D eigenvalue weighted by Crippen LogP contribution is -2.50. The third kappa shape index (κ3) is 4.28. The minimum absolute atomic E-state index is 0.0968. The van der Waals surface area contributed by atoms with Crippen molar-refractivity contribution in [3.8, 4) is 5.75 Å². The summed E-state index contributed by atoms with van der Waals surface area (Å²) in [5.41, 5.74) is 0.710. The molecule has 132 valence electrons. The topological polar surface area (TPSA) is 49.9 Å². The predicted molar refractivity (Wildman–Crippen MR) is 93.8 cm³/mol. The summed E-state index contributed by atoms with van der Waals surface area (Å²) in [5.74, 6) is 0.544. The summed E-state index contributed by atoms with van der Waals surface area (Å²) < 4.78 is 5.34. The van der Waals surface area contributed by atoms with E-state index in [1.54, 1.807) is 13.2 Å². The number of imide groups is 1. The molecule has 0 atom stereocenters. The van der Waals surface area contributed by atoms with Crippen molar-refractivity contribution in [1.82, 2.24) is 9.80 Å². The number of carbonyl (C=O) groups is 2. The molecule has 1 aromatic rings. The van der Waals surface area contributed by atoms with E-state index in [9.17, 15) is 9.59 Å². The van der Waals surface area contributed by atoms with Crippen LogP contribution < -0.4 is 4.74 Å². The maximum absolute atomic E-state index is 12.4. The fourth-order valence-electron chi connectivity index (χ4n) is 2.98. The molecule has 1 aliphatic rings. The highest BCUT2D eigenvalue weighted by molar-refractivity contribution is 6.30. The summed E-state index contributed by atoms with van der Waals surface area (Å²) in [6.07, 6.45) is 1.67. The van der Waals surface area contributed by atoms with Crippen molar-refractivity contribution in [2.75, 3.05) is 20.8 Å². The average molecular weight is 353 g/mol. The van der Waals surface area contributed by atoms with Gasteiger partial charge in [-0.15, -0.1) is 0 Å². The number of piperidine rings is 1. The largest absolute Gasteiger partial charge is 0.496 e. The van der Waals surface area contributed by atoms with E-state index in [2.05, 4.69) is 0 Å². The second-order valence-electron chi connectivity index (χ2n) is 6.85. The third-order valence-electron chi connectivity index (χ3n) is 4.68. The SMILES string of the molecule is CCC1(C)CC(=O)N(CN(C)Cc2cc(Cl)ccc2OC)C(=O)C1. The van der Waals surface area contributed by atoms with Crippen molar-refractivity contribution in [1.29, 1.82) is 0 Å². The van der Waals surface area contributed by atoms with Crippen molar-refractivity contribution < 1.29 is 14.3 Å². The van der Waals surface area contributed by atoms with Crippen LogP contribution in [0.3, 0.4) is 0 Å². The number of amides is 2. The van der Waals surface area contributed by atoms with Gasteiger partial charge in [-0.25, -0.2) is 0 Å². The van der Waals surface area contributed by atoms with Crippen molar-refractivity contribution >= 4 is 23.4 Å². The number of nitrogens with zero attached hydrogens (tertiary/aromatic N) is 2. The Morgan fingerprint density at radius 2 is 1.92 bits per heavy atom. The minimum Gasteiger partial charge on any atom is -0.496 e. The summed E-state index contributed by atoms with van der Waals surface area (Å²) in [6.45, 7) is 4.83. The number of halogens is 1. The van der Waals surface area contributed by atoms with Gasteiger partial charge in [0.15, 0.2) is 0 Å². The third-order valence-corrected chi connectivity index (χ3v) is 4.91. The molecule has 0 spiro atoms. The van der Waals surface area contributed by atoms with Crippen molar-refractivity contribution in [2.24, 2.45) is 5.41 Å². The summed E-state index contributed by atoms with van der Waals surface area (Å²) in [7, 11) is 3.48. The second kappa shape index (κ2) is 7.53. The average Bonchev–Trinajstić information content (AvgIpc) is 2.51. The number of rotatable bonds is 6. The zero-order valence-corrected chi connectivity index (χ0v) is 15.5. The molecule has 0 aromatic heterocycles. The van der Waals surface area contributed by atoms with Crippen LogP contribution in [0.4, 0.5) is 0 Å². The first-order valence-corrected chi connectivity index (χ1v) is 8.50.